The largest absolute Gasteiger partial charge is 0.310 e. The molecule has 0 amide bonds. The molecule has 0 heterocycles. The van der Waals surface area contributed by atoms with Crippen molar-refractivity contribution in [2.24, 2.45) is 0 Å². The average Bonchev–Trinajstić information content (AvgIpc) is 2.34. The smallest absolute Gasteiger partial charge is 0.200 e. The van der Waals surface area contributed by atoms with Crippen LogP contribution in [-0.2, 0) is 11.2 Å². The first-order chi connectivity index (χ1) is 8.31. The normalized spacial score (nSPS) is 12.6. The molecule has 0 radical (unpaired) electrons. The molecule has 0 aliphatic rings. The molecule has 0 bridgehead atoms. The Morgan fingerprint density at radius 1 is 1.00 bits per heavy atom. The maximum Gasteiger partial charge on any atom is 0.200 e. The minimum absolute atomic E-state index is 0.471. The molecule has 0 aliphatic heterocycles. The first-order valence-corrected chi connectivity index (χ1v) is 4.99. The van der Waals surface area contributed by atoms with Crippen LogP contribution in [-0.4, -0.2) is 18.9 Å². The van der Waals surface area contributed by atoms with Crippen molar-refractivity contribution in [3.05, 3.63) is 34.6 Å². The lowest BCUT2D eigenvalue weighted by Gasteiger charge is -2.14. The highest BCUT2D eigenvalue weighted by Crippen LogP contribution is 2.24. The van der Waals surface area contributed by atoms with E-state index in [-0.39, 0.29) is 0 Å². The maximum absolute atomic E-state index is 13.3. The van der Waals surface area contributed by atoms with Gasteiger partial charge in [0, 0.05) is 12.0 Å². The van der Waals surface area contributed by atoms with E-state index in [2.05, 4.69) is 5.32 Å². The van der Waals surface area contributed by atoms with E-state index in [0.717, 1.165) is 6.92 Å². The average molecular weight is 267 g/mol. The van der Waals surface area contributed by atoms with Crippen molar-refractivity contribution in [2.45, 2.75) is 19.4 Å². The highest BCUT2D eigenvalue weighted by molar-refractivity contribution is 5.81. The molecule has 7 heteroatoms. The lowest BCUT2D eigenvalue weighted by Crippen LogP contribution is -2.35. The number of nitrogens with one attached hydrogen (secondary N) is 1. The molecule has 1 N–H and O–H groups in total. The van der Waals surface area contributed by atoms with Crippen LogP contribution >= 0.6 is 0 Å². The van der Waals surface area contributed by atoms with E-state index in [9.17, 15) is 26.7 Å². The molecular formula is C11H10F5NO. The molecule has 0 aliphatic carbocycles. The van der Waals surface area contributed by atoms with Gasteiger partial charge in [0.2, 0.25) is 5.82 Å². The summed E-state index contributed by atoms with van der Waals surface area (Å²) in [5.41, 5.74) is -0.999. The third-order valence-corrected chi connectivity index (χ3v) is 2.55. The molecule has 18 heavy (non-hydrogen) atoms. The van der Waals surface area contributed by atoms with Crippen LogP contribution in [0.2, 0.25) is 0 Å². The molecule has 2 nitrogen and oxygen atoms in total. The second-order valence-electron chi connectivity index (χ2n) is 3.70. The van der Waals surface area contributed by atoms with Gasteiger partial charge in [0.15, 0.2) is 23.3 Å². The highest BCUT2D eigenvalue weighted by atomic mass is 19.2. The Bertz CT molecular complexity index is 460. The van der Waals surface area contributed by atoms with Gasteiger partial charge < -0.3 is 5.32 Å². The fraction of sp³-hybridized carbons (Fsp3) is 0.364. The van der Waals surface area contributed by atoms with Gasteiger partial charge in [-0.1, -0.05) is 0 Å². The molecule has 1 rings (SSSR count). The van der Waals surface area contributed by atoms with Gasteiger partial charge in [-0.2, -0.15) is 0 Å². The van der Waals surface area contributed by atoms with E-state index < -0.39 is 52.9 Å². The van der Waals surface area contributed by atoms with Crippen molar-refractivity contribution < 1.29 is 26.7 Å². The van der Waals surface area contributed by atoms with E-state index in [1.807, 2.05) is 0 Å². The number of ketones is 1. The van der Waals surface area contributed by atoms with Crippen LogP contribution in [0.3, 0.4) is 0 Å². The number of Topliss-reactive ketones (excluding diaryl/α,β-unsaturated/α-hetero) is 1. The van der Waals surface area contributed by atoms with Crippen LogP contribution in [0, 0.1) is 29.1 Å². The minimum Gasteiger partial charge on any atom is -0.310 e. The topological polar surface area (TPSA) is 29.1 Å². The SMILES string of the molecule is CN[C@@H](Cc1c(F)c(F)c(F)c(F)c1F)C(C)=O. The predicted molar refractivity (Wildman–Crippen MR) is 53.5 cm³/mol. The van der Waals surface area contributed by atoms with Crippen LogP contribution in [0.1, 0.15) is 12.5 Å². The third-order valence-electron chi connectivity index (χ3n) is 2.55. The van der Waals surface area contributed by atoms with Crippen molar-refractivity contribution in [1.82, 2.24) is 5.32 Å². The molecule has 0 saturated carbocycles. The van der Waals surface area contributed by atoms with Crippen molar-refractivity contribution in [3.63, 3.8) is 0 Å². The van der Waals surface area contributed by atoms with Gasteiger partial charge in [0.25, 0.3) is 0 Å². The van der Waals surface area contributed by atoms with E-state index in [1.54, 1.807) is 0 Å². The maximum atomic E-state index is 13.3. The Labute approximate surface area is 99.8 Å². The Hall–Kier alpha value is -1.50. The zero-order valence-corrected chi connectivity index (χ0v) is 9.58. The van der Waals surface area contributed by atoms with E-state index in [0.29, 0.717) is 0 Å². The van der Waals surface area contributed by atoms with Crippen LogP contribution in [0.4, 0.5) is 22.0 Å². The van der Waals surface area contributed by atoms with Crippen molar-refractivity contribution in [1.29, 1.82) is 0 Å². The Balaban J connectivity index is 3.29. The second kappa shape index (κ2) is 5.43. The van der Waals surface area contributed by atoms with Crippen molar-refractivity contribution >= 4 is 5.78 Å². The summed E-state index contributed by atoms with van der Waals surface area (Å²) in [6, 6.07) is -1.02. The third kappa shape index (κ3) is 2.50. The summed E-state index contributed by atoms with van der Waals surface area (Å²) >= 11 is 0. The van der Waals surface area contributed by atoms with Gasteiger partial charge in [-0.3, -0.25) is 4.79 Å². The summed E-state index contributed by atoms with van der Waals surface area (Å²) in [5.74, 6) is -10.5. The molecule has 0 aromatic heterocycles. The second-order valence-corrected chi connectivity index (χ2v) is 3.70. The molecule has 1 atom stereocenters. The zero-order valence-electron chi connectivity index (χ0n) is 9.58. The highest BCUT2D eigenvalue weighted by Gasteiger charge is 2.27. The van der Waals surface area contributed by atoms with Gasteiger partial charge >= 0.3 is 0 Å². The van der Waals surface area contributed by atoms with Crippen LogP contribution in [0.15, 0.2) is 0 Å². The van der Waals surface area contributed by atoms with Gasteiger partial charge in [-0.15, -0.1) is 0 Å². The number of rotatable bonds is 4. The Morgan fingerprint density at radius 2 is 1.39 bits per heavy atom. The lowest BCUT2D eigenvalue weighted by molar-refractivity contribution is -0.118. The first kappa shape index (κ1) is 14.6. The van der Waals surface area contributed by atoms with Crippen molar-refractivity contribution in [2.75, 3.05) is 7.05 Å². The molecular weight excluding hydrogens is 257 g/mol. The van der Waals surface area contributed by atoms with Crippen LogP contribution in [0.5, 0.6) is 0 Å². The summed E-state index contributed by atoms with van der Waals surface area (Å²) in [5, 5.41) is 2.44. The summed E-state index contributed by atoms with van der Waals surface area (Å²) in [6.07, 6.45) is -0.613. The van der Waals surface area contributed by atoms with E-state index in [4.69, 9.17) is 0 Å². The molecule has 0 fully saturated rings. The molecule has 100 valence electrons. The molecule has 1 aromatic carbocycles. The van der Waals surface area contributed by atoms with Crippen molar-refractivity contribution in [3.8, 4) is 0 Å². The summed E-state index contributed by atoms with van der Waals surface area (Å²) in [4.78, 5) is 11.1. The van der Waals surface area contributed by atoms with Crippen LogP contribution in [0.25, 0.3) is 0 Å². The summed E-state index contributed by atoms with van der Waals surface area (Å²) < 4.78 is 65.2. The van der Waals surface area contributed by atoms with Gasteiger partial charge in [0.1, 0.15) is 5.78 Å². The zero-order chi connectivity index (χ0) is 14.0. The molecule has 0 unspecified atom stereocenters. The fourth-order valence-electron chi connectivity index (χ4n) is 1.48. The number of carbonyl (C=O) groups excluding carboxylic acids is 1. The monoisotopic (exact) mass is 267 g/mol. The number of hydrogen-bond acceptors (Lipinski definition) is 2. The summed E-state index contributed by atoms with van der Waals surface area (Å²) in [6.45, 7) is 1.15. The number of carbonyl (C=O) groups is 1. The fourth-order valence-corrected chi connectivity index (χ4v) is 1.48. The Morgan fingerprint density at radius 3 is 1.72 bits per heavy atom. The molecule has 1 aromatic rings. The van der Waals surface area contributed by atoms with Crippen LogP contribution < -0.4 is 5.32 Å². The summed E-state index contributed by atoms with van der Waals surface area (Å²) in [7, 11) is 1.35. The number of benzene rings is 1. The quantitative estimate of drug-likeness (QED) is 0.514. The lowest BCUT2D eigenvalue weighted by atomic mass is 10.0. The van der Waals surface area contributed by atoms with E-state index >= 15 is 0 Å². The minimum atomic E-state index is -2.21. The van der Waals surface area contributed by atoms with Gasteiger partial charge in [-0.25, -0.2) is 22.0 Å². The molecule has 0 saturated heterocycles. The van der Waals surface area contributed by atoms with Gasteiger partial charge in [-0.05, 0) is 14.0 Å². The number of halogens is 5. The van der Waals surface area contributed by atoms with Gasteiger partial charge in [0.05, 0.1) is 6.04 Å². The number of hydrogen-bond donors (Lipinski definition) is 1. The van der Waals surface area contributed by atoms with E-state index in [1.165, 1.54) is 7.05 Å². The molecule has 0 spiro atoms. The Kier molecular flexibility index (Phi) is 4.39. The standard InChI is InChI=1S/C11H10F5NO/c1-4(18)6(17-2)3-5-7(12)9(14)11(16)10(15)8(5)13/h6,17H,3H2,1-2H3/t6-/m0/s1. The number of likely N-dealkylation sites (N-methyl/N-ethyl adjacent to an activating group) is 1. The first-order valence-electron chi connectivity index (χ1n) is 4.99. The predicted octanol–water partition coefficient (Wildman–Crippen LogP) is 2.10.